The first kappa shape index (κ1) is 12.9. The van der Waals surface area contributed by atoms with Crippen molar-refractivity contribution in [2.24, 2.45) is 0 Å². The fourth-order valence-corrected chi connectivity index (χ4v) is 3.20. The average molecular weight is 255 g/mol. The van der Waals surface area contributed by atoms with E-state index in [2.05, 4.69) is 0 Å². The number of benzene rings is 2. The van der Waals surface area contributed by atoms with Crippen LogP contribution in [0.3, 0.4) is 0 Å². The fraction of sp³-hybridized carbons (Fsp3) is 0. The summed E-state index contributed by atoms with van der Waals surface area (Å²) in [5.74, 6) is 0.465. The zero-order valence-electron chi connectivity index (χ0n) is 9.33. The molecule has 1 aliphatic heterocycles. The van der Waals surface area contributed by atoms with Gasteiger partial charge in [-0.05, 0) is 12.1 Å². The summed E-state index contributed by atoms with van der Waals surface area (Å²) < 4.78 is 17.1. The molecular weight excluding hydrogens is 246 g/mol. The second kappa shape index (κ2) is 4.60. The Labute approximate surface area is 121 Å². The molecule has 1 N–H and O–H groups in total. The van der Waals surface area contributed by atoms with Crippen LogP contribution in [-0.2, 0) is 4.57 Å². The van der Waals surface area contributed by atoms with Crippen molar-refractivity contribution in [2.75, 3.05) is 0 Å². The molecule has 0 fully saturated rings. The summed E-state index contributed by atoms with van der Waals surface area (Å²) in [5.41, 5.74) is 1.63. The molecule has 17 heavy (non-hydrogen) atoms. The molecule has 81 valence electrons. The maximum Gasteiger partial charge on any atom is 0.408 e. The van der Waals surface area contributed by atoms with Gasteiger partial charge < -0.3 is 9.42 Å². The molecule has 2 aromatic carbocycles. The molecule has 1 heterocycles. The van der Waals surface area contributed by atoms with Gasteiger partial charge in [0.25, 0.3) is 0 Å². The minimum Gasteiger partial charge on any atom is -0.421 e. The van der Waals surface area contributed by atoms with Crippen molar-refractivity contribution in [3.8, 4) is 16.9 Å². The van der Waals surface area contributed by atoms with E-state index >= 15 is 0 Å². The van der Waals surface area contributed by atoms with Gasteiger partial charge in [0.15, 0.2) is 0 Å². The first-order valence-electron chi connectivity index (χ1n) is 4.90. The van der Waals surface area contributed by atoms with E-state index in [0.29, 0.717) is 11.1 Å². The van der Waals surface area contributed by atoms with Crippen LogP contribution in [0.5, 0.6) is 5.75 Å². The Morgan fingerprint density at radius 2 is 1.53 bits per heavy atom. The molecule has 3 nitrogen and oxygen atoms in total. The smallest absolute Gasteiger partial charge is 0.408 e. The summed E-state index contributed by atoms with van der Waals surface area (Å²) in [7, 11) is -3.71. The third kappa shape index (κ3) is 2.10. The van der Waals surface area contributed by atoms with Gasteiger partial charge in [-0.1, -0.05) is 36.4 Å². The van der Waals surface area contributed by atoms with Crippen molar-refractivity contribution in [3.63, 3.8) is 0 Å². The molecule has 0 saturated carbocycles. The minimum atomic E-state index is -3.71. The Bertz CT molecular complexity index is 612. The Morgan fingerprint density at radius 3 is 2.29 bits per heavy atom. The van der Waals surface area contributed by atoms with E-state index in [0.717, 1.165) is 11.1 Å². The van der Waals surface area contributed by atoms with E-state index in [9.17, 15) is 9.46 Å². The Hall–Kier alpha value is -0.570. The van der Waals surface area contributed by atoms with Crippen molar-refractivity contribution in [1.82, 2.24) is 0 Å². The van der Waals surface area contributed by atoms with Crippen LogP contribution in [0.15, 0.2) is 48.5 Å². The summed E-state index contributed by atoms with van der Waals surface area (Å²) in [4.78, 5) is 9.81. The first-order valence-corrected chi connectivity index (χ1v) is 6.48. The van der Waals surface area contributed by atoms with E-state index < -0.39 is 7.60 Å². The minimum absolute atomic E-state index is 0. The summed E-state index contributed by atoms with van der Waals surface area (Å²) in [6.45, 7) is 0. The van der Waals surface area contributed by atoms with E-state index in [-0.39, 0.29) is 29.6 Å². The second-order valence-electron chi connectivity index (χ2n) is 3.63. The third-order valence-corrected chi connectivity index (χ3v) is 4.05. The quantitative estimate of drug-likeness (QED) is 0.579. The molecule has 1 aliphatic rings. The van der Waals surface area contributed by atoms with Crippen LogP contribution < -0.4 is 9.83 Å². The number of hydrogen-bond acceptors (Lipinski definition) is 2. The third-order valence-electron chi connectivity index (χ3n) is 2.61. The molecule has 1 atom stereocenters. The number of hydrogen-bond donors (Lipinski definition) is 1. The van der Waals surface area contributed by atoms with Crippen LogP contribution in [0.2, 0.25) is 0 Å². The van der Waals surface area contributed by atoms with E-state index in [1.54, 1.807) is 24.3 Å². The molecule has 0 amide bonds. The van der Waals surface area contributed by atoms with Crippen molar-refractivity contribution in [1.29, 1.82) is 0 Å². The standard InChI is InChI=1S/C12H9O3P.Na/c13-16(14)12-8-4-2-6-10(12)9-5-1-3-7-11(9)15-16;/h1-8H,(H,13,14);. The Kier molecular flexibility index (Phi) is 3.48. The van der Waals surface area contributed by atoms with Crippen molar-refractivity contribution in [2.45, 2.75) is 0 Å². The Morgan fingerprint density at radius 1 is 0.941 bits per heavy atom. The maximum atomic E-state index is 12.0. The number of para-hydroxylation sites is 1. The zero-order chi connectivity index (χ0) is 11.2. The molecule has 3 rings (SSSR count). The average Bonchev–Trinajstić information content (AvgIpc) is 2.29. The summed E-state index contributed by atoms with van der Waals surface area (Å²) in [6, 6.07) is 14.3. The monoisotopic (exact) mass is 255 g/mol. The molecule has 0 aromatic heterocycles. The molecular formula is C12H9NaO3P. The van der Waals surface area contributed by atoms with Gasteiger partial charge in [-0.3, -0.25) is 0 Å². The van der Waals surface area contributed by atoms with E-state index in [1.807, 2.05) is 24.3 Å². The van der Waals surface area contributed by atoms with Gasteiger partial charge in [-0.15, -0.1) is 0 Å². The van der Waals surface area contributed by atoms with Gasteiger partial charge >= 0.3 is 7.60 Å². The zero-order valence-corrected chi connectivity index (χ0v) is 12.2. The maximum absolute atomic E-state index is 12.0. The van der Waals surface area contributed by atoms with Gasteiger partial charge in [-0.25, -0.2) is 4.57 Å². The summed E-state index contributed by atoms with van der Waals surface area (Å²) >= 11 is 0. The van der Waals surface area contributed by atoms with Crippen LogP contribution in [0.1, 0.15) is 0 Å². The van der Waals surface area contributed by atoms with Crippen LogP contribution in [0.4, 0.5) is 0 Å². The van der Waals surface area contributed by atoms with Crippen LogP contribution >= 0.6 is 7.60 Å². The van der Waals surface area contributed by atoms with E-state index in [4.69, 9.17) is 4.52 Å². The van der Waals surface area contributed by atoms with Crippen molar-refractivity contribution < 1.29 is 14.0 Å². The normalized spacial score (nSPS) is 20.5. The molecule has 5 heteroatoms. The number of fused-ring (bicyclic) bond motifs is 3. The van der Waals surface area contributed by atoms with Gasteiger partial charge in [0, 0.05) is 40.7 Å². The molecule has 1 radical (unpaired) electrons. The van der Waals surface area contributed by atoms with Gasteiger partial charge in [0.05, 0.1) is 5.30 Å². The Balaban J connectivity index is 0.00000108. The van der Waals surface area contributed by atoms with Crippen LogP contribution in [0.25, 0.3) is 11.1 Å². The molecule has 0 bridgehead atoms. The number of rotatable bonds is 0. The summed E-state index contributed by atoms with van der Waals surface area (Å²) in [6.07, 6.45) is 0. The van der Waals surface area contributed by atoms with Crippen LogP contribution in [-0.4, -0.2) is 34.5 Å². The second-order valence-corrected chi connectivity index (χ2v) is 5.33. The SMILES string of the molecule is O=P1(O)Oc2ccccc2-c2ccccc21.[Na]. The molecule has 0 aliphatic carbocycles. The fourth-order valence-electron chi connectivity index (χ4n) is 1.90. The van der Waals surface area contributed by atoms with Crippen LogP contribution in [0, 0.1) is 0 Å². The molecule has 2 aromatic rings. The van der Waals surface area contributed by atoms with Crippen molar-refractivity contribution in [3.05, 3.63) is 48.5 Å². The largest absolute Gasteiger partial charge is 0.421 e. The first-order chi connectivity index (χ1) is 7.68. The van der Waals surface area contributed by atoms with Crippen molar-refractivity contribution >= 4 is 42.5 Å². The molecule has 0 spiro atoms. The molecule has 0 saturated heterocycles. The van der Waals surface area contributed by atoms with Gasteiger partial charge in [0.2, 0.25) is 0 Å². The van der Waals surface area contributed by atoms with Gasteiger partial charge in [-0.2, -0.15) is 0 Å². The van der Waals surface area contributed by atoms with E-state index in [1.165, 1.54) is 0 Å². The predicted molar refractivity (Wildman–Crippen MR) is 67.7 cm³/mol. The predicted octanol–water partition coefficient (Wildman–Crippen LogP) is 2.18. The summed E-state index contributed by atoms with van der Waals surface area (Å²) in [5, 5.41) is 0.369. The topological polar surface area (TPSA) is 46.5 Å². The molecule has 1 unspecified atom stereocenters. The van der Waals surface area contributed by atoms with Gasteiger partial charge in [0.1, 0.15) is 5.75 Å².